The summed E-state index contributed by atoms with van der Waals surface area (Å²) in [7, 11) is 0. The molecule has 0 nitrogen and oxygen atoms in total. The van der Waals surface area contributed by atoms with Gasteiger partial charge in [0.25, 0.3) is 0 Å². The number of rotatable bonds is 5. The third kappa shape index (κ3) is 4.04. The van der Waals surface area contributed by atoms with Gasteiger partial charge in [-0.2, -0.15) is 0 Å². The number of hydrogen-bond donors (Lipinski definition) is 0. The molecule has 2 unspecified atom stereocenters. The van der Waals surface area contributed by atoms with E-state index in [0.29, 0.717) is 11.8 Å². The molecule has 0 bridgehead atoms. The Morgan fingerprint density at radius 1 is 0.964 bits per heavy atom. The minimum atomic E-state index is 0. The van der Waals surface area contributed by atoms with E-state index < -0.39 is 0 Å². The van der Waals surface area contributed by atoms with Gasteiger partial charge in [-0.05, 0) is 47.4 Å². The molecule has 2 atom stereocenters. The van der Waals surface area contributed by atoms with Crippen molar-refractivity contribution in [3.63, 3.8) is 0 Å². The molecule has 2 aromatic carbocycles. The minimum absolute atomic E-state index is 0. The molecule has 0 heterocycles. The van der Waals surface area contributed by atoms with Crippen LogP contribution in [-0.4, -0.2) is 0 Å². The van der Waals surface area contributed by atoms with E-state index in [4.69, 9.17) is 0 Å². The Morgan fingerprint density at radius 2 is 1.50 bits per heavy atom. The maximum atomic E-state index is 3.99. The van der Waals surface area contributed by atoms with Crippen LogP contribution in [0.1, 0.15) is 43.7 Å². The average Bonchev–Trinajstić information content (AvgIpc) is 3.22. The Bertz CT molecular complexity index is 838. The van der Waals surface area contributed by atoms with Gasteiger partial charge in [-0.3, -0.25) is 0 Å². The third-order valence-electron chi connectivity index (χ3n) is 6.24. The zero-order valence-corrected chi connectivity index (χ0v) is 21.6. The van der Waals surface area contributed by atoms with Crippen LogP contribution < -0.4 is 24.8 Å². The van der Waals surface area contributed by atoms with Gasteiger partial charge in [-0.15, -0.1) is 6.58 Å². The maximum Gasteiger partial charge on any atom is 0.0164 e. The van der Waals surface area contributed by atoms with Gasteiger partial charge in [0, 0.05) is 37.7 Å². The second-order valence-electron chi connectivity index (χ2n) is 7.71. The van der Waals surface area contributed by atoms with E-state index in [1.807, 2.05) is 0 Å². The van der Waals surface area contributed by atoms with E-state index >= 15 is 0 Å². The predicted molar refractivity (Wildman–Crippen MR) is 108 cm³/mol. The molecule has 0 N–H and O–H groups in total. The summed E-state index contributed by atoms with van der Waals surface area (Å²) in [6.07, 6.45) is 11.2. The Labute approximate surface area is 200 Å². The van der Waals surface area contributed by atoms with Crippen molar-refractivity contribution in [1.82, 2.24) is 0 Å². The van der Waals surface area contributed by atoms with Crippen molar-refractivity contribution < 1.29 is 50.7 Å². The second kappa shape index (κ2) is 10.2. The fourth-order valence-electron chi connectivity index (χ4n) is 5.07. The monoisotopic (exact) mass is 576 g/mol. The molecule has 0 spiro atoms. The van der Waals surface area contributed by atoms with Crippen LogP contribution in [-0.2, 0) is 25.8 Å². The van der Waals surface area contributed by atoms with E-state index in [-0.39, 0.29) is 56.1 Å². The first-order valence-electron chi connectivity index (χ1n) is 9.31. The molecule has 0 saturated carbocycles. The van der Waals surface area contributed by atoms with Crippen molar-refractivity contribution in [2.45, 2.75) is 32.6 Å². The van der Waals surface area contributed by atoms with E-state index in [2.05, 4.69) is 93.3 Å². The summed E-state index contributed by atoms with van der Waals surface area (Å²) >= 11 is 0. The predicted octanol–water partition coefficient (Wildman–Crippen LogP) is 0.909. The van der Waals surface area contributed by atoms with Gasteiger partial charge in [0.05, 0.1) is 0 Å². The zero-order valence-electron chi connectivity index (χ0n) is 16.5. The van der Waals surface area contributed by atoms with Crippen molar-refractivity contribution in [1.29, 1.82) is 0 Å². The molecular weight excluding hydrogens is 550 g/mol. The molecule has 28 heavy (non-hydrogen) atoms. The van der Waals surface area contributed by atoms with Crippen molar-refractivity contribution in [3.05, 3.63) is 96.1 Å². The van der Waals surface area contributed by atoms with Crippen molar-refractivity contribution in [3.8, 4) is 11.1 Å². The molecule has 2 aromatic rings. The molecule has 2 aliphatic rings. The summed E-state index contributed by atoms with van der Waals surface area (Å²) in [6, 6.07) is 18.0. The standard InChI is InChI=1S/C25H26.2ClH.Hf/c1-4-5-17-25(3,23-16-10-11-18(23)2)24-21-14-8-6-12-19(21)20-13-7-9-15-22(20)24;;;/h4,6-16,23-24H,1,5,17H2,2-3H3;2*1H;/p-2. The Balaban J connectivity index is 0.00000131. The number of benzene rings is 2. The maximum absolute atomic E-state index is 3.99. The first-order chi connectivity index (χ1) is 12.2. The van der Waals surface area contributed by atoms with Gasteiger partial charge in [0.1, 0.15) is 0 Å². The van der Waals surface area contributed by atoms with Crippen LogP contribution in [0.4, 0.5) is 0 Å². The average molecular weight is 576 g/mol. The summed E-state index contributed by atoms with van der Waals surface area (Å²) < 4.78 is 0. The molecule has 0 amide bonds. The summed E-state index contributed by atoms with van der Waals surface area (Å²) in [4.78, 5) is 0. The van der Waals surface area contributed by atoms with Crippen LogP contribution >= 0.6 is 0 Å². The molecule has 0 saturated heterocycles. The van der Waals surface area contributed by atoms with Gasteiger partial charge in [-0.25, -0.2) is 0 Å². The van der Waals surface area contributed by atoms with Gasteiger partial charge < -0.3 is 24.8 Å². The number of halogens is 2. The minimum Gasteiger partial charge on any atom is -1.00 e. The van der Waals surface area contributed by atoms with Crippen LogP contribution in [0.25, 0.3) is 11.1 Å². The molecule has 0 aromatic heterocycles. The van der Waals surface area contributed by atoms with E-state index in [1.54, 1.807) is 0 Å². The van der Waals surface area contributed by atoms with Crippen molar-refractivity contribution >= 4 is 0 Å². The van der Waals surface area contributed by atoms with Gasteiger partial charge in [0.2, 0.25) is 0 Å². The van der Waals surface area contributed by atoms with Crippen LogP contribution in [0.5, 0.6) is 0 Å². The van der Waals surface area contributed by atoms with Crippen LogP contribution in [0.3, 0.4) is 0 Å². The van der Waals surface area contributed by atoms with E-state index in [9.17, 15) is 0 Å². The molecule has 0 fully saturated rings. The fourth-order valence-corrected chi connectivity index (χ4v) is 5.07. The van der Waals surface area contributed by atoms with E-state index in [1.165, 1.54) is 27.8 Å². The number of hydrogen-bond acceptors (Lipinski definition) is 0. The Hall–Kier alpha value is -0.890. The van der Waals surface area contributed by atoms with Crippen LogP contribution in [0, 0.1) is 11.3 Å². The third-order valence-corrected chi connectivity index (χ3v) is 6.24. The molecule has 0 radical (unpaired) electrons. The van der Waals surface area contributed by atoms with Crippen molar-refractivity contribution in [2.75, 3.05) is 0 Å². The molecule has 146 valence electrons. The zero-order chi connectivity index (χ0) is 17.4. The quantitative estimate of drug-likeness (QED) is 0.368. The van der Waals surface area contributed by atoms with Gasteiger partial charge in [0.15, 0.2) is 0 Å². The van der Waals surface area contributed by atoms with Gasteiger partial charge in [-0.1, -0.05) is 85.3 Å². The normalized spacial score (nSPS) is 18.5. The summed E-state index contributed by atoms with van der Waals surface area (Å²) in [6.45, 7) is 8.76. The number of allylic oxidation sites excluding steroid dienone is 5. The molecule has 3 heteroatoms. The van der Waals surface area contributed by atoms with Gasteiger partial charge >= 0.3 is 0 Å². The second-order valence-corrected chi connectivity index (χ2v) is 7.71. The molecule has 4 rings (SSSR count). The van der Waals surface area contributed by atoms with E-state index in [0.717, 1.165) is 12.8 Å². The largest absolute Gasteiger partial charge is 1.00 e. The molecular formula is C25H26Cl2Hf-2. The summed E-state index contributed by atoms with van der Waals surface area (Å²) in [5.41, 5.74) is 7.43. The SMILES string of the molecule is C=CCCC(C)(C1C=CC=C1C)C1c2ccccc2-c2ccccc21.[Cl-].[Cl-].[Hf]. The summed E-state index contributed by atoms with van der Waals surface area (Å²) in [5.74, 6) is 0.910. The van der Waals surface area contributed by atoms with Crippen molar-refractivity contribution in [2.24, 2.45) is 11.3 Å². The molecule has 0 aliphatic heterocycles. The first-order valence-corrected chi connectivity index (χ1v) is 9.31. The fraction of sp³-hybridized carbons (Fsp3) is 0.280. The van der Waals surface area contributed by atoms with Crippen LogP contribution in [0.15, 0.2) is 85.0 Å². The summed E-state index contributed by atoms with van der Waals surface area (Å²) in [5, 5.41) is 0. The smallest absolute Gasteiger partial charge is 0.0164 e. The first kappa shape index (κ1) is 25.1. The number of fused-ring (bicyclic) bond motifs is 3. The Kier molecular flexibility index (Phi) is 9.19. The topological polar surface area (TPSA) is 0 Å². The molecule has 2 aliphatic carbocycles. The van der Waals surface area contributed by atoms with Crippen LogP contribution in [0.2, 0.25) is 0 Å². The Morgan fingerprint density at radius 3 is 1.96 bits per heavy atom.